The van der Waals surface area contributed by atoms with Gasteiger partial charge < -0.3 is 11.1 Å². The fourth-order valence-corrected chi connectivity index (χ4v) is 2.90. The first kappa shape index (κ1) is 17.7. The Morgan fingerprint density at radius 2 is 1.65 bits per heavy atom. The minimum Gasteiger partial charge on any atom is -0.384 e. The fraction of sp³-hybridized carbons (Fsp3) is 0.0556. The highest BCUT2D eigenvalue weighted by molar-refractivity contribution is 9.10. The van der Waals surface area contributed by atoms with Crippen LogP contribution in [0.4, 0.5) is 11.5 Å². The van der Waals surface area contributed by atoms with Crippen LogP contribution >= 0.6 is 15.9 Å². The van der Waals surface area contributed by atoms with E-state index in [9.17, 15) is 14.4 Å². The Morgan fingerprint density at radius 1 is 1.04 bits per heavy atom. The Balaban J connectivity index is 2.18. The van der Waals surface area contributed by atoms with Gasteiger partial charge in [-0.2, -0.15) is 0 Å². The summed E-state index contributed by atoms with van der Waals surface area (Å²) in [6.07, 6.45) is 0. The molecule has 3 N–H and O–H groups in total. The summed E-state index contributed by atoms with van der Waals surface area (Å²) < 4.78 is 2.65. The average Bonchev–Trinajstić information content (AvgIpc) is 2.63. The predicted octanol–water partition coefficient (Wildman–Crippen LogP) is 2.13. The molecule has 1 amide bonds. The highest BCUT2D eigenvalue weighted by Gasteiger charge is 2.22. The number of hydrogen-bond donors (Lipinski definition) is 2. The number of amides is 1. The summed E-state index contributed by atoms with van der Waals surface area (Å²) in [7, 11) is 1.30. The molecule has 0 fully saturated rings. The number of nitrogen functional groups attached to an aromatic ring is 1. The van der Waals surface area contributed by atoms with E-state index in [0.717, 1.165) is 9.13 Å². The van der Waals surface area contributed by atoms with Crippen LogP contribution in [0, 0.1) is 0 Å². The molecule has 7 nitrogen and oxygen atoms in total. The van der Waals surface area contributed by atoms with E-state index in [-0.39, 0.29) is 11.4 Å². The van der Waals surface area contributed by atoms with Gasteiger partial charge in [0.15, 0.2) is 0 Å². The molecule has 0 aliphatic heterocycles. The monoisotopic (exact) mass is 414 g/mol. The predicted molar refractivity (Wildman–Crippen MR) is 104 cm³/mol. The topological polar surface area (TPSA) is 99.1 Å². The van der Waals surface area contributed by atoms with Crippen molar-refractivity contribution in [3.63, 3.8) is 0 Å². The summed E-state index contributed by atoms with van der Waals surface area (Å²) in [6, 6.07) is 15.5. The number of halogens is 1. The van der Waals surface area contributed by atoms with Gasteiger partial charge in [-0.25, -0.2) is 9.36 Å². The number of para-hydroxylation sites is 2. The summed E-state index contributed by atoms with van der Waals surface area (Å²) in [5, 5.41) is 2.64. The smallest absolute Gasteiger partial charge is 0.336 e. The number of carbonyl (C=O) groups excluding carboxylic acids is 1. The zero-order chi connectivity index (χ0) is 18.8. The van der Waals surface area contributed by atoms with Gasteiger partial charge in [0.05, 0.1) is 11.4 Å². The van der Waals surface area contributed by atoms with Gasteiger partial charge in [0.25, 0.3) is 11.5 Å². The first-order valence-electron chi connectivity index (χ1n) is 7.64. The lowest BCUT2D eigenvalue weighted by Gasteiger charge is -2.15. The summed E-state index contributed by atoms with van der Waals surface area (Å²) in [5.41, 5.74) is 5.31. The molecule has 0 bridgehead atoms. The maximum atomic E-state index is 12.7. The van der Waals surface area contributed by atoms with E-state index < -0.39 is 17.2 Å². The Hall–Kier alpha value is -3.13. The van der Waals surface area contributed by atoms with Crippen LogP contribution in [0.2, 0.25) is 0 Å². The SMILES string of the molecule is Cn1c(=O)c(C(=O)Nc2ccccc2Br)c(N)n(-c2ccccc2)c1=O. The zero-order valence-corrected chi connectivity index (χ0v) is 15.4. The molecule has 0 aliphatic rings. The zero-order valence-electron chi connectivity index (χ0n) is 13.8. The second-order valence-corrected chi connectivity index (χ2v) is 6.37. The third-order valence-electron chi connectivity index (χ3n) is 3.86. The molecular weight excluding hydrogens is 400 g/mol. The van der Waals surface area contributed by atoms with Crippen molar-refractivity contribution in [3.05, 3.63) is 85.5 Å². The molecule has 0 aliphatic carbocycles. The molecule has 2 aromatic carbocycles. The van der Waals surface area contributed by atoms with Crippen molar-refractivity contribution in [3.8, 4) is 5.69 Å². The first-order chi connectivity index (χ1) is 12.4. The van der Waals surface area contributed by atoms with Gasteiger partial charge in [0.1, 0.15) is 11.4 Å². The van der Waals surface area contributed by atoms with Crippen LogP contribution in [-0.4, -0.2) is 15.0 Å². The van der Waals surface area contributed by atoms with Gasteiger partial charge in [-0.15, -0.1) is 0 Å². The van der Waals surface area contributed by atoms with Crippen molar-refractivity contribution >= 4 is 33.3 Å². The lowest BCUT2D eigenvalue weighted by atomic mass is 10.2. The van der Waals surface area contributed by atoms with Gasteiger partial charge >= 0.3 is 5.69 Å². The van der Waals surface area contributed by atoms with Crippen LogP contribution in [0.15, 0.2) is 68.7 Å². The maximum Gasteiger partial charge on any atom is 0.336 e. The molecule has 3 rings (SSSR count). The van der Waals surface area contributed by atoms with E-state index in [4.69, 9.17) is 5.73 Å². The molecular formula is C18H15BrN4O3. The van der Waals surface area contributed by atoms with E-state index in [1.165, 1.54) is 7.05 Å². The van der Waals surface area contributed by atoms with E-state index in [1.54, 1.807) is 54.6 Å². The number of anilines is 2. The molecule has 132 valence electrons. The Bertz CT molecular complexity index is 1100. The molecule has 0 saturated heterocycles. The number of hydrogen-bond acceptors (Lipinski definition) is 4. The van der Waals surface area contributed by atoms with E-state index in [0.29, 0.717) is 15.8 Å². The number of carbonyl (C=O) groups is 1. The van der Waals surface area contributed by atoms with Crippen LogP contribution in [0.5, 0.6) is 0 Å². The minimum atomic E-state index is -0.760. The Labute approximate surface area is 156 Å². The minimum absolute atomic E-state index is 0.214. The summed E-state index contributed by atoms with van der Waals surface area (Å²) in [4.78, 5) is 37.7. The Kier molecular flexibility index (Phi) is 4.77. The van der Waals surface area contributed by atoms with Crippen molar-refractivity contribution < 1.29 is 4.79 Å². The summed E-state index contributed by atoms with van der Waals surface area (Å²) in [6.45, 7) is 0. The molecule has 0 unspecified atom stereocenters. The second-order valence-electron chi connectivity index (χ2n) is 5.51. The molecule has 0 saturated carbocycles. The molecule has 1 aromatic heterocycles. The van der Waals surface area contributed by atoms with Crippen molar-refractivity contribution in [1.29, 1.82) is 0 Å². The van der Waals surface area contributed by atoms with Gasteiger partial charge in [-0.3, -0.25) is 14.2 Å². The molecule has 8 heteroatoms. The second kappa shape index (κ2) is 7.01. The van der Waals surface area contributed by atoms with Crippen molar-refractivity contribution in [2.75, 3.05) is 11.1 Å². The fourth-order valence-electron chi connectivity index (χ4n) is 2.52. The summed E-state index contributed by atoms with van der Waals surface area (Å²) in [5.74, 6) is -0.909. The third kappa shape index (κ3) is 3.06. The van der Waals surface area contributed by atoms with Crippen molar-refractivity contribution in [2.45, 2.75) is 0 Å². The Morgan fingerprint density at radius 3 is 2.31 bits per heavy atom. The van der Waals surface area contributed by atoms with Crippen LogP contribution < -0.4 is 22.3 Å². The number of nitrogens with zero attached hydrogens (tertiary/aromatic N) is 2. The molecule has 0 atom stereocenters. The highest BCUT2D eigenvalue weighted by Crippen LogP contribution is 2.22. The van der Waals surface area contributed by atoms with Crippen molar-refractivity contribution in [2.24, 2.45) is 7.05 Å². The van der Waals surface area contributed by atoms with Gasteiger partial charge in [0, 0.05) is 11.5 Å². The average molecular weight is 415 g/mol. The van der Waals surface area contributed by atoms with Gasteiger partial charge in [0.2, 0.25) is 0 Å². The largest absolute Gasteiger partial charge is 0.384 e. The van der Waals surface area contributed by atoms with Crippen molar-refractivity contribution in [1.82, 2.24) is 9.13 Å². The maximum absolute atomic E-state index is 12.7. The molecule has 3 aromatic rings. The first-order valence-corrected chi connectivity index (χ1v) is 8.44. The number of nitrogens with one attached hydrogen (secondary N) is 1. The lowest BCUT2D eigenvalue weighted by Crippen LogP contribution is -2.43. The lowest BCUT2D eigenvalue weighted by molar-refractivity contribution is 0.102. The molecule has 1 heterocycles. The molecule has 0 spiro atoms. The van der Waals surface area contributed by atoms with Crippen LogP contribution in [0.3, 0.4) is 0 Å². The quantitative estimate of drug-likeness (QED) is 0.685. The summed E-state index contributed by atoms with van der Waals surface area (Å²) >= 11 is 3.33. The number of nitrogens with two attached hydrogens (primary N) is 1. The standard InChI is InChI=1S/C18H15BrN4O3/c1-22-17(25)14(16(24)21-13-10-6-5-9-12(13)19)15(20)23(18(22)26)11-7-3-2-4-8-11/h2-10H,20H2,1H3,(H,21,24). The van der Waals surface area contributed by atoms with Gasteiger partial charge in [-0.05, 0) is 40.2 Å². The third-order valence-corrected chi connectivity index (χ3v) is 4.55. The van der Waals surface area contributed by atoms with E-state index in [2.05, 4.69) is 21.2 Å². The molecule has 0 radical (unpaired) electrons. The van der Waals surface area contributed by atoms with Crippen LogP contribution in [-0.2, 0) is 7.05 Å². The highest BCUT2D eigenvalue weighted by atomic mass is 79.9. The van der Waals surface area contributed by atoms with Crippen LogP contribution in [0.1, 0.15) is 10.4 Å². The molecule has 26 heavy (non-hydrogen) atoms. The normalized spacial score (nSPS) is 10.5. The number of aromatic nitrogens is 2. The number of rotatable bonds is 3. The van der Waals surface area contributed by atoms with Crippen LogP contribution in [0.25, 0.3) is 5.69 Å². The van der Waals surface area contributed by atoms with Gasteiger partial charge in [-0.1, -0.05) is 30.3 Å². The van der Waals surface area contributed by atoms with E-state index >= 15 is 0 Å². The van der Waals surface area contributed by atoms with E-state index in [1.807, 2.05) is 0 Å². The number of benzene rings is 2.